The van der Waals surface area contributed by atoms with Crippen molar-refractivity contribution in [3.05, 3.63) is 12.4 Å². The summed E-state index contributed by atoms with van der Waals surface area (Å²) in [5, 5.41) is 4.15. The largest absolute Gasteiger partial charge is 0.341 e. The van der Waals surface area contributed by atoms with E-state index in [1.54, 1.807) is 12.4 Å². The number of guanidine groups is 1. The van der Waals surface area contributed by atoms with E-state index in [0.717, 1.165) is 19.0 Å². The van der Waals surface area contributed by atoms with E-state index in [0.29, 0.717) is 0 Å². The molecule has 0 unspecified atom stereocenters. The van der Waals surface area contributed by atoms with E-state index in [2.05, 4.69) is 15.2 Å². The fourth-order valence-corrected chi connectivity index (χ4v) is 1.49. The van der Waals surface area contributed by atoms with Gasteiger partial charge in [0.25, 0.3) is 0 Å². The summed E-state index contributed by atoms with van der Waals surface area (Å²) in [6.45, 7) is 2.26. The van der Waals surface area contributed by atoms with Gasteiger partial charge in [0.1, 0.15) is 0 Å². The summed E-state index contributed by atoms with van der Waals surface area (Å²) in [6.07, 6.45) is 7.44. The molecule has 2 rings (SSSR count). The van der Waals surface area contributed by atoms with Crippen LogP contribution in [0.2, 0.25) is 0 Å². The molecule has 3 heteroatoms. The zero-order valence-electron chi connectivity index (χ0n) is 6.53. The Morgan fingerprint density at radius 2 is 1.91 bits per heavy atom. The molecule has 1 saturated heterocycles. The Kier molecular flexibility index (Phi) is 1.79. The van der Waals surface area contributed by atoms with Crippen LogP contribution < -0.4 is 5.32 Å². The summed E-state index contributed by atoms with van der Waals surface area (Å²) in [5.41, 5.74) is 0. The monoisotopic (exact) mass is 150 g/mol. The lowest BCUT2D eigenvalue weighted by atomic mass is 10.1. The molecule has 1 fully saturated rings. The Bertz CT molecular complexity index is 190. The number of piperidine rings is 1. The summed E-state index contributed by atoms with van der Waals surface area (Å²) >= 11 is 0. The maximum Gasteiger partial charge on any atom is 0.225 e. The smallest absolute Gasteiger partial charge is 0.225 e. The summed E-state index contributed by atoms with van der Waals surface area (Å²) in [6, 6.07) is 0. The summed E-state index contributed by atoms with van der Waals surface area (Å²) in [7, 11) is 0. The normalized spacial score (nSPS) is 23.3. The predicted molar refractivity (Wildman–Crippen MR) is 44.1 cm³/mol. The van der Waals surface area contributed by atoms with Crippen molar-refractivity contribution in [3.8, 4) is 0 Å². The number of hydrogen-bond acceptors (Lipinski definition) is 2. The van der Waals surface area contributed by atoms with Crippen LogP contribution in [0.4, 0.5) is 0 Å². The van der Waals surface area contributed by atoms with Gasteiger partial charge in [0.15, 0.2) is 0 Å². The second-order valence-corrected chi connectivity index (χ2v) is 2.90. The highest BCUT2D eigenvalue weighted by Crippen LogP contribution is 2.10. The van der Waals surface area contributed by atoms with Gasteiger partial charge in [0.05, 0.1) is 0 Å². The van der Waals surface area contributed by atoms with Gasteiger partial charge in [-0.15, -0.1) is 0 Å². The SMILES string of the molecule is C1=CN=C(N2CCCCC2)[N]1. The van der Waals surface area contributed by atoms with Gasteiger partial charge < -0.3 is 4.90 Å². The Hall–Kier alpha value is -0.990. The van der Waals surface area contributed by atoms with Crippen LogP contribution in [0.3, 0.4) is 0 Å². The van der Waals surface area contributed by atoms with Crippen molar-refractivity contribution in [2.45, 2.75) is 19.3 Å². The average molecular weight is 150 g/mol. The Labute approximate surface area is 66.8 Å². The van der Waals surface area contributed by atoms with Crippen molar-refractivity contribution in [2.24, 2.45) is 4.99 Å². The van der Waals surface area contributed by atoms with Gasteiger partial charge in [-0.25, -0.2) is 10.3 Å². The van der Waals surface area contributed by atoms with Crippen LogP contribution in [0.25, 0.3) is 0 Å². The van der Waals surface area contributed by atoms with Gasteiger partial charge in [-0.1, -0.05) is 0 Å². The molecule has 0 spiro atoms. The lowest BCUT2D eigenvalue weighted by Crippen LogP contribution is -2.38. The van der Waals surface area contributed by atoms with Crippen LogP contribution in [0, 0.1) is 0 Å². The van der Waals surface area contributed by atoms with Crippen LogP contribution in [0.1, 0.15) is 19.3 Å². The molecule has 0 aromatic rings. The first-order chi connectivity index (χ1) is 5.47. The maximum absolute atomic E-state index is 4.15. The number of hydrogen-bond donors (Lipinski definition) is 0. The molecule has 3 nitrogen and oxygen atoms in total. The van der Waals surface area contributed by atoms with Gasteiger partial charge in [0, 0.05) is 25.5 Å². The van der Waals surface area contributed by atoms with Crippen molar-refractivity contribution in [3.63, 3.8) is 0 Å². The molecule has 0 N–H and O–H groups in total. The standard InChI is InChI=1S/C8H12N3/c1-2-6-11(7-3-1)8-9-4-5-10-8/h4-5H,1-3,6-7H2. The fourth-order valence-electron chi connectivity index (χ4n) is 1.49. The van der Waals surface area contributed by atoms with Gasteiger partial charge in [-0.3, -0.25) is 0 Å². The van der Waals surface area contributed by atoms with Crippen molar-refractivity contribution < 1.29 is 0 Å². The highest BCUT2D eigenvalue weighted by Gasteiger charge is 2.15. The molecule has 0 aromatic carbocycles. The number of rotatable bonds is 0. The summed E-state index contributed by atoms with van der Waals surface area (Å²) in [4.78, 5) is 6.41. The van der Waals surface area contributed by atoms with E-state index in [1.165, 1.54) is 19.3 Å². The van der Waals surface area contributed by atoms with Crippen molar-refractivity contribution in [2.75, 3.05) is 13.1 Å². The molecular weight excluding hydrogens is 138 g/mol. The Balaban J connectivity index is 1.93. The molecule has 0 atom stereocenters. The third-order valence-corrected chi connectivity index (χ3v) is 2.09. The first kappa shape index (κ1) is 6.70. The molecular formula is C8H12N3. The third-order valence-electron chi connectivity index (χ3n) is 2.09. The highest BCUT2D eigenvalue weighted by molar-refractivity contribution is 5.82. The van der Waals surface area contributed by atoms with E-state index in [9.17, 15) is 0 Å². The van der Waals surface area contributed by atoms with Gasteiger partial charge in [-0.05, 0) is 19.3 Å². The van der Waals surface area contributed by atoms with Crippen LogP contribution >= 0.6 is 0 Å². The minimum Gasteiger partial charge on any atom is -0.341 e. The first-order valence-electron chi connectivity index (χ1n) is 4.15. The van der Waals surface area contributed by atoms with Gasteiger partial charge >= 0.3 is 0 Å². The average Bonchev–Trinajstić information content (AvgIpc) is 2.58. The van der Waals surface area contributed by atoms with E-state index >= 15 is 0 Å². The van der Waals surface area contributed by atoms with Crippen LogP contribution in [-0.4, -0.2) is 23.9 Å². The van der Waals surface area contributed by atoms with Gasteiger partial charge in [-0.2, -0.15) is 0 Å². The number of aliphatic imine (C=N–C) groups is 1. The van der Waals surface area contributed by atoms with E-state index in [-0.39, 0.29) is 0 Å². The van der Waals surface area contributed by atoms with Crippen LogP contribution in [0.5, 0.6) is 0 Å². The Morgan fingerprint density at radius 3 is 2.55 bits per heavy atom. The molecule has 0 aliphatic carbocycles. The lowest BCUT2D eigenvalue weighted by molar-refractivity contribution is 0.336. The molecule has 2 aliphatic rings. The summed E-state index contributed by atoms with van der Waals surface area (Å²) < 4.78 is 0. The number of nitrogens with zero attached hydrogens (tertiary/aromatic N) is 3. The Morgan fingerprint density at radius 1 is 1.09 bits per heavy atom. The zero-order valence-corrected chi connectivity index (χ0v) is 6.53. The second-order valence-electron chi connectivity index (χ2n) is 2.90. The summed E-state index contributed by atoms with van der Waals surface area (Å²) in [5.74, 6) is 0.907. The molecule has 0 aromatic heterocycles. The van der Waals surface area contributed by atoms with E-state index < -0.39 is 0 Å². The van der Waals surface area contributed by atoms with E-state index in [1.807, 2.05) is 0 Å². The van der Waals surface area contributed by atoms with Crippen molar-refractivity contribution in [1.29, 1.82) is 0 Å². The van der Waals surface area contributed by atoms with E-state index in [4.69, 9.17) is 0 Å². The van der Waals surface area contributed by atoms with Crippen LogP contribution in [-0.2, 0) is 0 Å². The zero-order chi connectivity index (χ0) is 7.52. The molecule has 0 amide bonds. The minimum atomic E-state index is 0.907. The second kappa shape index (κ2) is 2.95. The molecule has 0 saturated carbocycles. The molecule has 2 aliphatic heterocycles. The van der Waals surface area contributed by atoms with Crippen molar-refractivity contribution in [1.82, 2.24) is 10.2 Å². The first-order valence-corrected chi connectivity index (χ1v) is 4.15. The topological polar surface area (TPSA) is 29.7 Å². The maximum atomic E-state index is 4.15. The lowest BCUT2D eigenvalue weighted by Gasteiger charge is -2.26. The number of likely N-dealkylation sites (tertiary alicyclic amines) is 1. The molecule has 1 radical (unpaired) electrons. The van der Waals surface area contributed by atoms with Crippen LogP contribution in [0.15, 0.2) is 17.4 Å². The quantitative estimate of drug-likeness (QED) is 0.505. The van der Waals surface area contributed by atoms with Gasteiger partial charge in [0.2, 0.25) is 5.96 Å². The molecule has 0 bridgehead atoms. The molecule has 11 heavy (non-hydrogen) atoms. The van der Waals surface area contributed by atoms with Crippen molar-refractivity contribution >= 4 is 5.96 Å². The minimum absolute atomic E-state index is 0.907. The third kappa shape index (κ3) is 1.37. The predicted octanol–water partition coefficient (Wildman–Crippen LogP) is 0.917. The highest BCUT2D eigenvalue weighted by atomic mass is 15.3. The molecule has 59 valence electrons. The fraction of sp³-hybridized carbons (Fsp3) is 0.625. The molecule has 2 heterocycles.